The maximum atomic E-state index is 11.8. The summed E-state index contributed by atoms with van der Waals surface area (Å²) in [5, 5.41) is 2.82. The van der Waals surface area contributed by atoms with Crippen molar-refractivity contribution in [2.75, 3.05) is 11.9 Å². The first-order valence-corrected chi connectivity index (χ1v) is 7.54. The van der Waals surface area contributed by atoms with Crippen LogP contribution in [0.4, 0.5) is 5.69 Å². The molecule has 0 aliphatic heterocycles. The number of nitrogens with one attached hydrogen (secondary N) is 1. The summed E-state index contributed by atoms with van der Waals surface area (Å²) in [5.41, 5.74) is 0.714. The highest BCUT2D eigenvalue weighted by molar-refractivity contribution is 9.10. The van der Waals surface area contributed by atoms with Crippen LogP contribution in [-0.2, 0) is 9.53 Å². The molecule has 0 atom stereocenters. The van der Waals surface area contributed by atoms with E-state index in [2.05, 4.69) is 26.2 Å². The van der Waals surface area contributed by atoms with Crippen LogP contribution < -0.4 is 5.32 Å². The second-order valence-electron chi connectivity index (χ2n) is 4.13. The summed E-state index contributed by atoms with van der Waals surface area (Å²) in [6.45, 7) is -0.421. The second-order valence-corrected chi connectivity index (χ2v) is 5.81. The summed E-state index contributed by atoms with van der Waals surface area (Å²) in [5.74, 6) is -1.17. The number of carbonyl (C=O) groups is 2. The Kier molecular flexibility index (Phi) is 5.76. The Morgan fingerprint density at radius 3 is 2.55 bits per heavy atom. The summed E-state index contributed by atoms with van der Waals surface area (Å²) in [6.07, 6.45) is 1.23. The molecule has 22 heavy (non-hydrogen) atoms. The predicted molar refractivity (Wildman–Crippen MR) is 87.3 cm³/mol. The van der Waals surface area contributed by atoms with Gasteiger partial charge in [-0.15, -0.1) is 0 Å². The van der Waals surface area contributed by atoms with Gasteiger partial charge in [-0.1, -0.05) is 39.1 Å². The lowest BCUT2D eigenvalue weighted by Crippen LogP contribution is -2.21. The average Bonchev–Trinajstić information content (AvgIpc) is 2.50. The van der Waals surface area contributed by atoms with Crippen LogP contribution in [0.15, 0.2) is 41.0 Å². The van der Waals surface area contributed by atoms with Gasteiger partial charge in [0.05, 0.1) is 10.6 Å². The molecule has 0 saturated heterocycles. The van der Waals surface area contributed by atoms with Crippen molar-refractivity contribution in [3.8, 4) is 0 Å². The summed E-state index contributed by atoms with van der Waals surface area (Å²) < 4.78 is 5.77. The minimum atomic E-state index is -0.711. The molecule has 8 heteroatoms. The van der Waals surface area contributed by atoms with Gasteiger partial charge in [0.2, 0.25) is 0 Å². The third kappa shape index (κ3) is 4.69. The SMILES string of the molecule is O=C(COC(=O)c1cnc(Cl)c(Cl)c1)Nc1ccc(Br)cc1. The minimum absolute atomic E-state index is 0.0891. The number of hydrogen-bond acceptors (Lipinski definition) is 4. The molecule has 2 rings (SSSR count). The van der Waals surface area contributed by atoms with Gasteiger partial charge in [0.1, 0.15) is 5.15 Å². The molecule has 1 heterocycles. The number of nitrogens with zero attached hydrogens (tertiary/aromatic N) is 1. The van der Waals surface area contributed by atoms with Gasteiger partial charge in [-0.2, -0.15) is 0 Å². The van der Waals surface area contributed by atoms with Gasteiger partial charge in [-0.25, -0.2) is 9.78 Å². The largest absolute Gasteiger partial charge is 0.452 e. The number of halogens is 3. The third-order valence-electron chi connectivity index (χ3n) is 2.49. The summed E-state index contributed by atoms with van der Waals surface area (Å²) in [6, 6.07) is 8.32. The van der Waals surface area contributed by atoms with Crippen molar-refractivity contribution in [1.82, 2.24) is 4.98 Å². The highest BCUT2D eigenvalue weighted by Gasteiger charge is 2.12. The van der Waals surface area contributed by atoms with E-state index >= 15 is 0 Å². The van der Waals surface area contributed by atoms with E-state index in [1.807, 2.05) is 0 Å². The van der Waals surface area contributed by atoms with Crippen molar-refractivity contribution < 1.29 is 14.3 Å². The number of hydrogen-bond donors (Lipinski definition) is 1. The first-order valence-electron chi connectivity index (χ1n) is 5.99. The van der Waals surface area contributed by atoms with Crippen LogP contribution in [0.3, 0.4) is 0 Å². The molecular weight excluding hydrogens is 395 g/mol. The van der Waals surface area contributed by atoms with Crippen molar-refractivity contribution in [3.63, 3.8) is 0 Å². The minimum Gasteiger partial charge on any atom is -0.452 e. The number of carbonyl (C=O) groups excluding carboxylic acids is 2. The van der Waals surface area contributed by atoms with Crippen molar-refractivity contribution in [1.29, 1.82) is 0 Å². The molecule has 5 nitrogen and oxygen atoms in total. The Morgan fingerprint density at radius 1 is 1.23 bits per heavy atom. The molecule has 2 aromatic rings. The van der Waals surface area contributed by atoms with E-state index in [-0.39, 0.29) is 15.7 Å². The van der Waals surface area contributed by atoms with E-state index in [1.54, 1.807) is 24.3 Å². The monoisotopic (exact) mass is 402 g/mol. The molecule has 0 saturated carbocycles. The van der Waals surface area contributed by atoms with Crippen LogP contribution in [0, 0.1) is 0 Å². The van der Waals surface area contributed by atoms with E-state index in [1.165, 1.54) is 12.3 Å². The van der Waals surface area contributed by atoms with Gasteiger partial charge in [0.25, 0.3) is 5.91 Å². The number of aromatic nitrogens is 1. The number of anilines is 1. The number of benzene rings is 1. The molecule has 0 aliphatic carbocycles. The van der Waals surface area contributed by atoms with Gasteiger partial charge in [0, 0.05) is 16.4 Å². The molecule has 1 N–H and O–H groups in total. The Hall–Kier alpha value is -1.63. The molecule has 0 bridgehead atoms. The Labute approximate surface area is 144 Å². The molecule has 0 radical (unpaired) electrons. The zero-order chi connectivity index (χ0) is 16.1. The average molecular weight is 404 g/mol. The summed E-state index contributed by atoms with van der Waals surface area (Å²) in [4.78, 5) is 27.2. The number of amides is 1. The number of ether oxygens (including phenoxy) is 1. The van der Waals surface area contributed by atoms with Crippen LogP contribution in [0.25, 0.3) is 0 Å². The Morgan fingerprint density at radius 2 is 1.91 bits per heavy atom. The van der Waals surface area contributed by atoms with Gasteiger partial charge in [-0.05, 0) is 30.3 Å². The summed E-state index contributed by atoms with van der Waals surface area (Å²) >= 11 is 14.7. The van der Waals surface area contributed by atoms with Crippen molar-refractivity contribution in [3.05, 3.63) is 56.7 Å². The fourth-order valence-corrected chi connectivity index (χ4v) is 2.01. The first kappa shape index (κ1) is 16.7. The van der Waals surface area contributed by atoms with Crippen LogP contribution >= 0.6 is 39.1 Å². The lowest BCUT2D eigenvalue weighted by Gasteiger charge is -2.07. The van der Waals surface area contributed by atoms with E-state index < -0.39 is 18.5 Å². The molecule has 0 fully saturated rings. The molecule has 0 unspecified atom stereocenters. The van der Waals surface area contributed by atoms with Crippen molar-refractivity contribution >= 4 is 56.7 Å². The molecule has 0 spiro atoms. The van der Waals surface area contributed by atoms with Gasteiger partial charge >= 0.3 is 5.97 Å². The van der Waals surface area contributed by atoms with Crippen molar-refractivity contribution in [2.24, 2.45) is 0 Å². The summed E-state index contributed by atoms with van der Waals surface area (Å²) in [7, 11) is 0. The van der Waals surface area contributed by atoms with Gasteiger partial charge in [0.15, 0.2) is 6.61 Å². The lowest BCUT2D eigenvalue weighted by atomic mass is 10.3. The lowest BCUT2D eigenvalue weighted by molar-refractivity contribution is -0.119. The molecule has 1 aromatic carbocycles. The van der Waals surface area contributed by atoms with Crippen LogP contribution in [0.2, 0.25) is 10.2 Å². The van der Waals surface area contributed by atoms with Crippen molar-refractivity contribution in [2.45, 2.75) is 0 Å². The zero-order valence-corrected chi connectivity index (χ0v) is 14.1. The standard InChI is InChI=1S/C14H9BrCl2N2O3/c15-9-1-3-10(4-2-9)19-12(20)7-22-14(21)8-5-11(16)13(17)18-6-8/h1-6H,7H2,(H,19,20). The fraction of sp³-hybridized carbons (Fsp3) is 0.0714. The molecule has 1 amide bonds. The predicted octanol–water partition coefficient (Wildman–Crippen LogP) is 3.95. The zero-order valence-electron chi connectivity index (χ0n) is 11.0. The second kappa shape index (κ2) is 7.58. The van der Waals surface area contributed by atoms with Crippen LogP contribution in [-0.4, -0.2) is 23.5 Å². The molecular formula is C14H9BrCl2N2O3. The number of rotatable bonds is 4. The van der Waals surface area contributed by atoms with E-state index in [4.69, 9.17) is 27.9 Å². The van der Waals surface area contributed by atoms with Crippen LogP contribution in [0.1, 0.15) is 10.4 Å². The molecule has 1 aromatic heterocycles. The van der Waals surface area contributed by atoms with Crippen LogP contribution in [0.5, 0.6) is 0 Å². The quantitative estimate of drug-likeness (QED) is 0.619. The Bertz CT molecular complexity index is 708. The maximum Gasteiger partial charge on any atom is 0.340 e. The van der Waals surface area contributed by atoms with E-state index in [9.17, 15) is 9.59 Å². The van der Waals surface area contributed by atoms with Gasteiger partial charge < -0.3 is 10.1 Å². The highest BCUT2D eigenvalue weighted by Crippen LogP contribution is 2.20. The number of esters is 1. The Balaban J connectivity index is 1.88. The molecule has 0 aliphatic rings. The smallest absolute Gasteiger partial charge is 0.340 e. The molecule has 114 valence electrons. The van der Waals surface area contributed by atoms with Gasteiger partial charge in [-0.3, -0.25) is 4.79 Å². The first-order chi connectivity index (χ1) is 10.5. The normalized spacial score (nSPS) is 10.1. The number of pyridine rings is 1. The maximum absolute atomic E-state index is 11.8. The van der Waals surface area contributed by atoms with E-state index in [0.29, 0.717) is 5.69 Å². The van der Waals surface area contributed by atoms with E-state index in [0.717, 1.165) is 4.47 Å². The third-order valence-corrected chi connectivity index (χ3v) is 3.71. The topological polar surface area (TPSA) is 68.3 Å². The fourth-order valence-electron chi connectivity index (χ4n) is 1.48. The highest BCUT2D eigenvalue weighted by atomic mass is 79.9.